The highest BCUT2D eigenvalue weighted by atomic mass is 19.4. The average Bonchev–Trinajstić information content (AvgIpc) is 2.79. The number of H-pyrrole nitrogens is 1. The molecule has 8 nitrogen and oxygen atoms in total. The van der Waals surface area contributed by atoms with Crippen LogP contribution in [0.5, 0.6) is 0 Å². The maximum Gasteiger partial charge on any atom is 0.416 e. The zero-order valence-corrected chi connectivity index (χ0v) is 16.9. The smallest absolute Gasteiger partial charge is 0.273 e. The van der Waals surface area contributed by atoms with Crippen molar-refractivity contribution in [3.63, 3.8) is 0 Å². The summed E-state index contributed by atoms with van der Waals surface area (Å²) >= 11 is 0. The van der Waals surface area contributed by atoms with E-state index in [1.807, 2.05) is 0 Å². The molecule has 0 bridgehead atoms. The molecule has 0 saturated heterocycles. The number of nitrogens with one attached hydrogen (secondary N) is 1. The summed E-state index contributed by atoms with van der Waals surface area (Å²) in [5, 5.41) is 0.00400. The monoisotopic (exact) mass is 450 g/mol. The van der Waals surface area contributed by atoms with E-state index in [1.165, 1.54) is 18.3 Å². The second-order valence-corrected chi connectivity index (χ2v) is 7.25. The van der Waals surface area contributed by atoms with Crippen LogP contribution in [0.4, 0.5) is 13.2 Å². The highest BCUT2D eigenvalue weighted by Crippen LogP contribution is 2.31. The lowest BCUT2D eigenvalue weighted by Gasteiger charge is -2.14. The molecule has 0 radical (unpaired) electrons. The lowest BCUT2D eigenvalue weighted by molar-refractivity contribution is -0.137. The van der Waals surface area contributed by atoms with Crippen LogP contribution < -0.4 is 11.2 Å². The third-order valence-corrected chi connectivity index (χ3v) is 5.09. The number of benzene rings is 1. The van der Waals surface area contributed by atoms with Crippen LogP contribution >= 0.6 is 0 Å². The van der Waals surface area contributed by atoms with Crippen molar-refractivity contribution in [3.05, 3.63) is 87.2 Å². The predicted octanol–water partition coefficient (Wildman–Crippen LogP) is 3.41. The van der Waals surface area contributed by atoms with Gasteiger partial charge in [0.1, 0.15) is 11.3 Å². The Balaban J connectivity index is 1.88. The number of pyridine rings is 2. The molecule has 4 heterocycles. The zero-order chi connectivity index (χ0) is 23.3. The number of halogens is 3. The van der Waals surface area contributed by atoms with Crippen LogP contribution in [0.1, 0.15) is 11.4 Å². The molecule has 0 aliphatic carbocycles. The quantitative estimate of drug-likeness (QED) is 0.413. The van der Waals surface area contributed by atoms with Gasteiger partial charge in [-0.15, -0.1) is 0 Å². The Morgan fingerprint density at radius 2 is 1.73 bits per heavy atom. The maximum atomic E-state index is 13.3. The van der Waals surface area contributed by atoms with E-state index in [2.05, 4.69) is 24.9 Å². The molecule has 4 aromatic heterocycles. The van der Waals surface area contributed by atoms with E-state index in [0.717, 1.165) is 16.7 Å². The summed E-state index contributed by atoms with van der Waals surface area (Å²) < 4.78 is 40.9. The van der Waals surface area contributed by atoms with E-state index >= 15 is 0 Å². The summed E-state index contributed by atoms with van der Waals surface area (Å²) in [6, 6.07) is 7.58. The number of hydrogen-bond acceptors (Lipinski definition) is 6. The highest BCUT2D eigenvalue weighted by Gasteiger charge is 2.31. The number of hydrogen-bond donors (Lipinski definition) is 1. The molecule has 0 fully saturated rings. The molecule has 0 aliphatic rings. The summed E-state index contributed by atoms with van der Waals surface area (Å²) in [7, 11) is 0. The number of fused-ring (bicyclic) bond motifs is 3. The first-order valence-electron chi connectivity index (χ1n) is 9.64. The van der Waals surface area contributed by atoms with Gasteiger partial charge in [0, 0.05) is 24.2 Å². The summed E-state index contributed by atoms with van der Waals surface area (Å²) in [5.41, 5.74) is -1.04. The van der Waals surface area contributed by atoms with Crippen LogP contribution in [0.15, 0.2) is 64.6 Å². The molecule has 5 aromatic rings. The summed E-state index contributed by atoms with van der Waals surface area (Å²) in [4.78, 5) is 44.5. The summed E-state index contributed by atoms with van der Waals surface area (Å²) in [6.45, 7) is 1.73. The van der Waals surface area contributed by atoms with E-state index in [-0.39, 0.29) is 22.1 Å². The van der Waals surface area contributed by atoms with Crippen molar-refractivity contribution in [2.45, 2.75) is 13.1 Å². The fourth-order valence-corrected chi connectivity index (χ4v) is 3.52. The fourth-order valence-electron chi connectivity index (χ4n) is 3.52. The third-order valence-electron chi connectivity index (χ3n) is 5.09. The molecular formula is C22H13F3N6O2. The minimum absolute atomic E-state index is 0.00400. The zero-order valence-electron chi connectivity index (χ0n) is 16.9. The van der Waals surface area contributed by atoms with Crippen LogP contribution in [0.25, 0.3) is 38.9 Å². The van der Waals surface area contributed by atoms with Crippen molar-refractivity contribution in [1.82, 2.24) is 29.5 Å². The van der Waals surface area contributed by atoms with Gasteiger partial charge in [0.05, 0.1) is 33.4 Å². The Hall–Kier alpha value is -4.41. The number of aryl methyl sites for hydroxylation is 1. The van der Waals surface area contributed by atoms with Crippen molar-refractivity contribution in [2.24, 2.45) is 0 Å². The van der Waals surface area contributed by atoms with Crippen molar-refractivity contribution in [2.75, 3.05) is 0 Å². The first kappa shape index (κ1) is 20.5. The number of nitrogens with zero attached hydrogens (tertiary/aromatic N) is 5. The fraction of sp³-hybridized carbons (Fsp3) is 0.0909. The first-order valence-corrected chi connectivity index (χ1v) is 9.64. The number of rotatable bonds is 2. The van der Waals surface area contributed by atoms with E-state index in [4.69, 9.17) is 0 Å². The molecule has 5 rings (SSSR count). The topological polar surface area (TPSA) is 106 Å². The normalized spacial score (nSPS) is 11.9. The Morgan fingerprint density at radius 3 is 2.45 bits per heavy atom. The van der Waals surface area contributed by atoms with Crippen molar-refractivity contribution in [3.8, 4) is 16.9 Å². The predicted molar refractivity (Wildman–Crippen MR) is 114 cm³/mol. The number of aromatic nitrogens is 6. The standard InChI is InChI=1S/C22H13F3N6O2/c1-11-26-8-12(9-27-11)16-5-6-17-18(29-16)19-15(10-28-17)20(32)30-21(33)31(19)14-4-2-3-13(7-14)22(23,24)25/h2-10H,1H3,(H,30,32,33). The van der Waals surface area contributed by atoms with Gasteiger partial charge in [-0.2, -0.15) is 13.2 Å². The van der Waals surface area contributed by atoms with Gasteiger partial charge in [0.15, 0.2) is 0 Å². The summed E-state index contributed by atoms with van der Waals surface area (Å²) in [5.74, 6) is 0.566. The molecule has 0 aliphatic heterocycles. The van der Waals surface area contributed by atoms with E-state index in [9.17, 15) is 22.8 Å². The average molecular weight is 450 g/mol. The number of alkyl halides is 3. The van der Waals surface area contributed by atoms with Gasteiger partial charge in [0.2, 0.25) is 0 Å². The van der Waals surface area contributed by atoms with Crippen molar-refractivity contribution < 1.29 is 13.2 Å². The molecule has 11 heteroatoms. The first-order chi connectivity index (χ1) is 15.7. The lowest BCUT2D eigenvalue weighted by Crippen LogP contribution is -2.29. The minimum atomic E-state index is -4.61. The molecule has 1 N–H and O–H groups in total. The molecule has 0 amide bonds. The van der Waals surface area contributed by atoms with Gasteiger partial charge >= 0.3 is 11.9 Å². The Bertz CT molecular complexity index is 1660. The molecule has 0 spiro atoms. The van der Waals surface area contributed by atoms with Crippen molar-refractivity contribution in [1.29, 1.82) is 0 Å². The Kier molecular flexibility index (Phi) is 4.55. The largest absolute Gasteiger partial charge is 0.416 e. The van der Waals surface area contributed by atoms with Crippen LogP contribution in [-0.2, 0) is 6.18 Å². The van der Waals surface area contributed by atoms with Gasteiger partial charge in [-0.25, -0.2) is 19.7 Å². The van der Waals surface area contributed by atoms with Crippen LogP contribution in [0, 0.1) is 6.92 Å². The van der Waals surface area contributed by atoms with Crippen molar-refractivity contribution >= 4 is 21.9 Å². The van der Waals surface area contributed by atoms with Gasteiger partial charge in [-0.3, -0.25) is 19.3 Å². The SMILES string of the molecule is Cc1ncc(-c2ccc3ncc4c(=O)[nH]c(=O)n(-c5cccc(C(F)(F)F)c5)c4c3n2)cn1. The van der Waals surface area contributed by atoms with Gasteiger partial charge in [-0.05, 0) is 37.3 Å². The number of aromatic amines is 1. The Labute approximate surface area is 182 Å². The highest BCUT2D eigenvalue weighted by molar-refractivity contribution is 6.01. The molecule has 0 unspecified atom stereocenters. The van der Waals surface area contributed by atoms with E-state index in [1.54, 1.807) is 31.5 Å². The molecule has 33 heavy (non-hydrogen) atoms. The van der Waals surface area contributed by atoms with Gasteiger partial charge in [0.25, 0.3) is 5.56 Å². The van der Waals surface area contributed by atoms with Crippen LogP contribution in [0.3, 0.4) is 0 Å². The van der Waals surface area contributed by atoms with Crippen LogP contribution in [0.2, 0.25) is 0 Å². The van der Waals surface area contributed by atoms with Gasteiger partial charge in [-0.1, -0.05) is 6.07 Å². The Morgan fingerprint density at radius 1 is 0.970 bits per heavy atom. The molecule has 1 aromatic carbocycles. The van der Waals surface area contributed by atoms with Crippen LogP contribution in [-0.4, -0.2) is 29.5 Å². The van der Waals surface area contributed by atoms with E-state index in [0.29, 0.717) is 22.6 Å². The second kappa shape index (κ2) is 7.33. The molecular weight excluding hydrogens is 437 g/mol. The molecule has 0 atom stereocenters. The third kappa shape index (κ3) is 3.53. The van der Waals surface area contributed by atoms with E-state index < -0.39 is 23.0 Å². The molecule has 164 valence electrons. The maximum absolute atomic E-state index is 13.3. The summed E-state index contributed by atoms with van der Waals surface area (Å²) in [6.07, 6.45) is -0.210. The molecule has 0 saturated carbocycles. The minimum Gasteiger partial charge on any atom is -0.273 e. The van der Waals surface area contributed by atoms with Gasteiger partial charge < -0.3 is 0 Å². The lowest BCUT2D eigenvalue weighted by atomic mass is 10.1. The second-order valence-electron chi connectivity index (χ2n) is 7.25.